The van der Waals surface area contributed by atoms with Gasteiger partial charge in [-0.3, -0.25) is 9.59 Å². The predicted octanol–water partition coefficient (Wildman–Crippen LogP) is 3.96. The first-order valence-corrected chi connectivity index (χ1v) is 12.5. The van der Waals surface area contributed by atoms with Crippen molar-refractivity contribution in [2.45, 2.75) is 31.7 Å². The maximum atomic E-state index is 13.6. The second kappa shape index (κ2) is 10.4. The fourth-order valence-electron chi connectivity index (χ4n) is 4.87. The molecule has 0 aromatic heterocycles. The molecular weight excluding hydrogens is 536 g/mol. The van der Waals surface area contributed by atoms with Gasteiger partial charge in [-0.2, -0.15) is 5.10 Å². The molecule has 4 rings (SSSR count). The number of likely N-dealkylation sites (tertiary alicyclic amines) is 1. The number of benzene rings is 2. The highest BCUT2D eigenvalue weighted by Gasteiger charge is 2.53. The number of hydrazone groups is 1. The molecule has 184 valence electrons. The van der Waals surface area contributed by atoms with Crippen LogP contribution >= 0.6 is 27.5 Å². The molecule has 1 unspecified atom stereocenters. The lowest BCUT2D eigenvalue weighted by molar-refractivity contribution is -0.140. The fourth-order valence-corrected chi connectivity index (χ4v) is 5.63. The Labute approximate surface area is 217 Å². The van der Waals surface area contributed by atoms with E-state index in [2.05, 4.69) is 26.3 Å². The zero-order valence-corrected chi connectivity index (χ0v) is 21.6. The van der Waals surface area contributed by atoms with Gasteiger partial charge < -0.3 is 15.3 Å². The number of hydrogen-bond donors (Lipinski definition) is 2. The molecule has 2 N–H and O–H groups in total. The summed E-state index contributed by atoms with van der Waals surface area (Å²) in [6.45, 7) is 0.520. The van der Waals surface area contributed by atoms with Crippen LogP contribution in [0.25, 0.3) is 0 Å². The topological polar surface area (TPSA) is 102 Å². The lowest BCUT2D eigenvalue weighted by atomic mass is 9.73. The van der Waals surface area contributed by atoms with Gasteiger partial charge in [0, 0.05) is 36.1 Å². The number of hydrogen-bond acceptors (Lipinski definition) is 4. The number of carbonyl (C=O) groups excluding carboxylic acids is 2. The Morgan fingerprint density at radius 1 is 1.26 bits per heavy atom. The molecule has 0 saturated carbocycles. The van der Waals surface area contributed by atoms with Crippen LogP contribution in [0.3, 0.4) is 0 Å². The minimum Gasteiger partial charge on any atom is -0.465 e. The predicted molar refractivity (Wildman–Crippen MR) is 136 cm³/mol. The summed E-state index contributed by atoms with van der Waals surface area (Å²) in [6.07, 6.45) is 0.252. The molecule has 2 heterocycles. The third-order valence-electron chi connectivity index (χ3n) is 6.58. The average molecular weight is 562 g/mol. The largest absolute Gasteiger partial charge is 0.465 e. The van der Waals surface area contributed by atoms with Gasteiger partial charge in [0.15, 0.2) is 0 Å². The van der Waals surface area contributed by atoms with Gasteiger partial charge >= 0.3 is 6.09 Å². The smallest absolute Gasteiger partial charge is 0.405 e. The van der Waals surface area contributed by atoms with E-state index < -0.39 is 17.6 Å². The van der Waals surface area contributed by atoms with Crippen LogP contribution in [0.2, 0.25) is 5.02 Å². The van der Waals surface area contributed by atoms with Crippen molar-refractivity contribution in [2.75, 3.05) is 20.1 Å². The SMILES string of the molecule is CN1N=C2CCN(C(=O)C(CCc3ccc(Br)cc3Cl)NC(=O)O)C[C@@]2(Cc2ccccc2)C1=O. The highest BCUT2D eigenvalue weighted by atomic mass is 79.9. The van der Waals surface area contributed by atoms with Gasteiger partial charge in [0.1, 0.15) is 11.5 Å². The lowest BCUT2D eigenvalue weighted by Gasteiger charge is -2.40. The first-order chi connectivity index (χ1) is 16.7. The fraction of sp³-hybridized carbons (Fsp3) is 0.360. The van der Waals surface area contributed by atoms with E-state index in [1.165, 1.54) is 5.01 Å². The van der Waals surface area contributed by atoms with Crippen LogP contribution in [0.15, 0.2) is 58.1 Å². The molecule has 35 heavy (non-hydrogen) atoms. The van der Waals surface area contributed by atoms with Crippen molar-refractivity contribution in [1.29, 1.82) is 0 Å². The van der Waals surface area contributed by atoms with Gasteiger partial charge in [-0.15, -0.1) is 0 Å². The van der Waals surface area contributed by atoms with Gasteiger partial charge in [-0.25, -0.2) is 9.80 Å². The summed E-state index contributed by atoms with van der Waals surface area (Å²) in [5.74, 6) is -0.507. The monoisotopic (exact) mass is 560 g/mol. The number of piperidine rings is 1. The van der Waals surface area contributed by atoms with Crippen molar-refractivity contribution in [3.05, 3.63) is 69.2 Å². The Kier molecular flexibility index (Phi) is 7.47. The van der Waals surface area contributed by atoms with Crippen LogP contribution in [-0.4, -0.2) is 64.8 Å². The molecule has 8 nitrogen and oxygen atoms in total. The van der Waals surface area contributed by atoms with Crippen LogP contribution in [0.1, 0.15) is 24.0 Å². The van der Waals surface area contributed by atoms with Crippen molar-refractivity contribution in [3.8, 4) is 0 Å². The average Bonchev–Trinajstić information content (AvgIpc) is 3.06. The summed E-state index contributed by atoms with van der Waals surface area (Å²) < 4.78 is 0.836. The van der Waals surface area contributed by atoms with Crippen LogP contribution in [0.5, 0.6) is 0 Å². The molecule has 3 amide bonds. The van der Waals surface area contributed by atoms with Crippen molar-refractivity contribution < 1.29 is 19.5 Å². The van der Waals surface area contributed by atoms with Gasteiger partial charge in [0.05, 0.1) is 5.71 Å². The molecule has 1 saturated heterocycles. The molecule has 2 atom stereocenters. The number of fused-ring (bicyclic) bond motifs is 1. The minimum absolute atomic E-state index is 0.152. The molecule has 2 aromatic carbocycles. The Bertz CT molecular complexity index is 1180. The first kappa shape index (κ1) is 25.2. The van der Waals surface area contributed by atoms with E-state index in [0.717, 1.165) is 21.3 Å². The standard InChI is InChI=1S/C25H26BrClN4O4/c1-30-23(33)25(14-16-5-3-2-4-6-16)15-31(12-11-21(25)29-30)22(32)20(28-24(34)35)10-8-17-7-9-18(26)13-19(17)27/h2-7,9,13,20,28H,8,10-12,14-15H2,1H3,(H,34,35)/t20?,25-/m1/s1. The Balaban J connectivity index is 1.55. The second-order valence-electron chi connectivity index (χ2n) is 8.91. The van der Waals surface area contributed by atoms with E-state index in [0.29, 0.717) is 30.8 Å². The molecule has 2 aliphatic heterocycles. The number of carbonyl (C=O) groups is 3. The summed E-state index contributed by atoms with van der Waals surface area (Å²) in [5, 5.41) is 18.1. The normalized spacial score (nSPS) is 20.3. The van der Waals surface area contributed by atoms with Gasteiger partial charge in [-0.1, -0.05) is 63.9 Å². The van der Waals surface area contributed by atoms with E-state index in [9.17, 15) is 19.5 Å². The molecule has 0 aliphatic carbocycles. The molecule has 0 bridgehead atoms. The van der Waals surface area contributed by atoms with Gasteiger partial charge in [0.25, 0.3) is 5.91 Å². The maximum absolute atomic E-state index is 13.6. The third-order valence-corrected chi connectivity index (χ3v) is 7.42. The molecular formula is C25H26BrClN4O4. The van der Waals surface area contributed by atoms with Crippen molar-refractivity contribution in [3.63, 3.8) is 0 Å². The van der Waals surface area contributed by atoms with Crippen molar-refractivity contribution in [1.82, 2.24) is 15.2 Å². The number of halogens is 2. The molecule has 0 spiro atoms. The molecule has 2 aliphatic rings. The van der Waals surface area contributed by atoms with Crippen LogP contribution in [0, 0.1) is 5.41 Å². The Morgan fingerprint density at radius 3 is 2.69 bits per heavy atom. The van der Waals surface area contributed by atoms with E-state index in [-0.39, 0.29) is 24.8 Å². The third kappa shape index (κ3) is 5.36. The van der Waals surface area contributed by atoms with Crippen LogP contribution < -0.4 is 5.32 Å². The van der Waals surface area contributed by atoms with E-state index in [1.54, 1.807) is 18.0 Å². The Hall–Kier alpha value is -2.91. The number of nitrogens with zero attached hydrogens (tertiary/aromatic N) is 3. The summed E-state index contributed by atoms with van der Waals surface area (Å²) in [6, 6.07) is 14.1. The molecule has 1 fully saturated rings. The molecule has 2 aromatic rings. The van der Waals surface area contributed by atoms with Crippen LogP contribution in [0.4, 0.5) is 4.79 Å². The van der Waals surface area contributed by atoms with Crippen LogP contribution in [-0.2, 0) is 22.4 Å². The first-order valence-electron chi connectivity index (χ1n) is 11.3. The molecule has 0 radical (unpaired) electrons. The number of nitrogens with one attached hydrogen (secondary N) is 1. The maximum Gasteiger partial charge on any atom is 0.405 e. The highest BCUT2D eigenvalue weighted by Crippen LogP contribution is 2.38. The number of rotatable bonds is 7. The second-order valence-corrected chi connectivity index (χ2v) is 10.2. The van der Waals surface area contributed by atoms with Gasteiger partial charge in [-0.05, 0) is 42.5 Å². The number of carboxylic acid groups (broad SMARTS) is 1. The minimum atomic E-state index is -1.28. The number of amides is 3. The number of aryl methyl sites for hydroxylation is 1. The molecule has 10 heteroatoms. The summed E-state index contributed by atoms with van der Waals surface area (Å²) >= 11 is 9.68. The Morgan fingerprint density at radius 2 is 2.00 bits per heavy atom. The van der Waals surface area contributed by atoms with E-state index in [1.807, 2.05) is 42.5 Å². The van der Waals surface area contributed by atoms with E-state index >= 15 is 0 Å². The zero-order valence-electron chi connectivity index (χ0n) is 19.2. The van der Waals surface area contributed by atoms with Crippen molar-refractivity contribution in [2.24, 2.45) is 10.5 Å². The quantitative estimate of drug-likeness (QED) is 0.534. The highest BCUT2D eigenvalue weighted by molar-refractivity contribution is 9.10. The summed E-state index contributed by atoms with van der Waals surface area (Å²) in [4.78, 5) is 40.0. The lowest BCUT2D eigenvalue weighted by Crippen LogP contribution is -2.58. The van der Waals surface area contributed by atoms with E-state index in [4.69, 9.17) is 11.6 Å². The summed E-state index contributed by atoms with van der Waals surface area (Å²) in [7, 11) is 1.63. The summed E-state index contributed by atoms with van der Waals surface area (Å²) in [5.41, 5.74) is 1.61. The van der Waals surface area contributed by atoms with Crippen molar-refractivity contribution >= 4 is 51.2 Å². The van der Waals surface area contributed by atoms with Gasteiger partial charge in [0.2, 0.25) is 5.91 Å². The zero-order chi connectivity index (χ0) is 25.2.